The van der Waals surface area contributed by atoms with E-state index in [4.69, 9.17) is 11.6 Å². The van der Waals surface area contributed by atoms with Gasteiger partial charge in [0.05, 0.1) is 17.5 Å². The van der Waals surface area contributed by atoms with E-state index in [2.05, 4.69) is 10.1 Å². The van der Waals surface area contributed by atoms with Crippen molar-refractivity contribution in [3.8, 4) is 11.3 Å². The zero-order valence-corrected chi connectivity index (χ0v) is 14.8. The van der Waals surface area contributed by atoms with Crippen LogP contribution in [0.25, 0.3) is 11.3 Å². The van der Waals surface area contributed by atoms with Gasteiger partial charge in [-0.25, -0.2) is 14.8 Å². The fraction of sp³-hybridized carbons (Fsp3) is 0.0556. The second kappa shape index (κ2) is 7.46. The molecule has 0 atom stereocenters. The van der Waals surface area contributed by atoms with Gasteiger partial charge in [-0.1, -0.05) is 48.0 Å². The van der Waals surface area contributed by atoms with Crippen LogP contribution in [0.1, 0.15) is 15.9 Å². The molecule has 1 aromatic heterocycles. The first kappa shape index (κ1) is 17.1. The Morgan fingerprint density at radius 2 is 1.96 bits per heavy atom. The maximum Gasteiger partial charge on any atom is 0.336 e. The van der Waals surface area contributed by atoms with Crippen molar-refractivity contribution in [1.82, 2.24) is 4.98 Å². The Bertz CT molecular complexity index is 939. The molecule has 0 spiro atoms. The van der Waals surface area contributed by atoms with Crippen molar-refractivity contribution >= 4 is 40.3 Å². The van der Waals surface area contributed by atoms with Gasteiger partial charge in [-0.3, -0.25) is 0 Å². The van der Waals surface area contributed by atoms with E-state index in [1.54, 1.807) is 36.3 Å². The third kappa shape index (κ3) is 3.87. The van der Waals surface area contributed by atoms with Crippen molar-refractivity contribution in [3.63, 3.8) is 0 Å². The Hall–Kier alpha value is -2.70. The zero-order chi connectivity index (χ0) is 17.8. The van der Waals surface area contributed by atoms with E-state index in [1.165, 1.54) is 17.6 Å². The quantitative estimate of drug-likeness (QED) is 0.524. The van der Waals surface area contributed by atoms with Crippen molar-refractivity contribution in [2.24, 2.45) is 5.10 Å². The number of halogens is 1. The highest BCUT2D eigenvalue weighted by Gasteiger charge is 2.11. The number of hydrazone groups is 1. The molecule has 0 bridgehead atoms. The number of hydrogen-bond donors (Lipinski definition) is 1. The van der Waals surface area contributed by atoms with Gasteiger partial charge in [0.15, 0.2) is 0 Å². The molecule has 0 radical (unpaired) electrons. The summed E-state index contributed by atoms with van der Waals surface area (Å²) in [7, 11) is 1.76. The minimum atomic E-state index is -0.986. The molecule has 7 heteroatoms. The number of carbonyl (C=O) groups is 1. The van der Waals surface area contributed by atoms with Crippen LogP contribution in [0.3, 0.4) is 0 Å². The molecule has 0 aliphatic heterocycles. The predicted molar refractivity (Wildman–Crippen MR) is 102 cm³/mol. The summed E-state index contributed by atoms with van der Waals surface area (Å²) >= 11 is 7.63. The maximum atomic E-state index is 11.2. The van der Waals surface area contributed by atoms with Gasteiger partial charge in [0, 0.05) is 28.6 Å². The molecule has 0 saturated carbocycles. The van der Waals surface area contributed by atoms with Crippen molar-refractivity contribution in [2.45, 2.75) is 0 Å². The van der Waals surface area contributed by atoms with E-state index in [0.29, 0.717) is 15.7 Å². The summed E-state index contributed by atoms with van der Waals surface area (Å²) < 4.78 is 0. The highest BCUT2D eigenvalue weighted by molar-refractivity contribution is 7.14. The summed E-state index contributed by atoms with van der Waals surface area (Å²) in [6.07, 6.45) is 1.51. The standard InChI is InChI=1S/C18H14ClN3O2S/c1-22(20-10-12-6-2-3-7-13(12)17(23)24)18-21-16(11-25-18)14-8-4-5-9-15(14)19/h2-11H,1H3,(H,23,24)/b20-10-. The average Bonchev–Trinajstić information content (AvgIpc) is 3.10. The van der Waals surface area contributed by atoms with E-state index in [0.717, 1.165) is 11.3 Å². The lowest BCUT2D eigenvalue weighted by Crippen LogP contribution is -2.09. The third-order valence-corrected chi connectivity index (χ3v) is 4.72. The number of anilines is 1. The van der Waals surface area contributed by atoms with Gasteiger partial charge in [0.2, 0.25) is 5.13 Å². The normalized spacial score (nSPS) is 11.0. The van der Waals surface area contributed by atoms with E-state index in [-0.39, 0.29) is 5.56 Å². The molecule has 126 valence electrons. The van der Waals surface area contributed by atoms with Crippen LogP contribution in [-0.4, -0.2) is 29.3 Å². The molecule has 5 nitrogen and oxygen atoms in total. The molecule has 3 aromatic rings. The molecule has 25 heavy (non-hydrogen) atoms. The molecule has 0 amide bonds. The van der Waals surface area contributed by atoms with Crippen molar-refractivity contribution < 1.29 is 9.90 Å². The number of thiazole rings is 1. The van der Waals surface area contributed by atoms with Gasteiger partial charge >= 0.3 is 5.97 Å². The SMILES string of the molecule is CN(/N=C\c1ccccc1C(=O)O)c1nc(-c2ccccc2Cl)cs1. The van der Waals surface area contributed by atoms with Crippen LogP contribution in [-0.2, 0) is 0 Å². The number of carboxylic acids is 1. The summed E-state index contributed by atoms with van der Waals surface area (Å²) in [5.41, 5.74) is 2.37. The number of nitrogens with zero attached hydrogens (tertiary/aromatic N) is 3. The fourth-order valence-electron chi connectivity index (χ4n) is 2.21. The molecule has 0 unspecified atom stereocenters. The van der Waals surface area contributed by atoms with Crippen molar-refractivity contribution in [3.05, 3.63) is 70.1 Å². The molecule has 0 saturated heterocycles. The monoisotopic (exact) mass is 371 g/mol. The summed E-state index contributed by atoms with van der Waals surface area (Å²) in [5, 5.41) is 18.3. The Morgan fingerprint density at radius 3 is 2.72 bits per heavy atom. The molecule has 0 aliphatic carbocycles. The smallest absolute Gasteiger partial charge is 0.336 e. The molecule has 0 fully saturated rings. The zero-order valence-electron chi connectivity index (χ0n) is 13.3. The Balaban J connectivity index is 1.82. The molecular formula is C18H14ClN3O2S. The van der Waals surface area contributed by atoms with E-state index < -0.39 is 5.97 Å². The highest BCUT2D eigenvalue weighted by Crippen LogP contribution is 2.31. The molecular weight excluding hydrogens is 358 g/mol. The van der Waals surface area contributed by atoms with Crippen LogP contribution >= 0.6 is 22.9 Å². The van der Waals surface area contributed by atoms with Crippen molar-refractivity contribution in [2.75, 3.05) is 12.1 Å². The predicted octanol–water partition coefficient (Wildman–Crippen LogP) is 4.63. The lowest BCUT2D eigenvalue weighted by atomic mass is 10.1. The molecule has 1 heterocycles. The summed E-state index contributed by atoms with van der Waals surface area (Å²) in [4.78, 5) is 15.8. The minimum absolute atomic E-state index is 0.204. The average molecular weight is 372 g/mol. The Kier molecular flexibility index (Phi) is 5.11. The summed E-state index contributed by atoms with van der Waals surface area (Å²) in [6, 6.07) is 14.2. The lowest BCUT2D eigenvalue weighted by molar-refractivity contribution is 0.0697. The van der Waals surface area contributed by atoms with E-state index in [9.17, 15) is 9.90 Å². The van der Waals surface area contributed by atoms with Gasteiger partial charge in [0.25, 0.3) is 0 Å². The molecule has 1 N–H and O–H groups in total. The minimum Gasteiger partial charge on any atom is -0.478 e. The van der Waals surface area contributed by atoms with Gasteiger partial charge in [-0.2, -0.15) is 5.10 Å². The maximum absolute atomic E-state index is 11.2. The van der Waals surface area contributed by atoms with Gasteiger partial charge in [-0.15, -0.1) is 11.3 Å². The van der Waals surface area contributed by atoms with Crippen LogP contribution in [0.4, 0.5) is 5.13 Å². The van der Waals surface area contributed by atoms with E-state index in [1.807, 2.05) is 29.6 Å². The first-order valence-corrected chi connectivity index (χ1v) is 8.62. The second-order valence-electron chi connectivity index (χ2n) is 5.16. The van der Waals surface area contributed by atoms with Crippen molar-refractivity contribution in [1.29, 1.82) is 0 Å². The van der Waals surface area contributed by atoms with Crippen LogP contribution in [0.15, 0.2) is 59.0 Å². The summed E-state index contributed by atoms with van der Waals surface area (Å²) in [6.45, 7) is 0. The first-order chi connectivity index (χ1) is 12.1. The Labute approximate surface area is 153 Å². The second-order valence-corrected chi connectivity index (χ2v) is 6.40. The van der Waals surface area contributed by atoms with Gasteiger partial charge < -0.3 is 5.11 Å². The van der Waals surface area contributed by atoms with E-state index >= 15 is 0 Å². The third-order valence-electron chi connectivity index (χ3n) is 3.48. The van der Waals surface area contributed by atoms with Gasteiger partial charge in [0.1, 0.15) is 0 Å². The number of aromatic carboxylic acids is 1. The number of carboxylic acid groups (broad SMARTS) is 1. The number of benzene rings is 2. The number of rotatable bonds is 5. The molecule has 0 aliphatic rings. The topological polar surface area (TPSA) is 65.8 Å². The van der Waals surface area contributed by atoms with Crippen LogP contribution in [0, 0.1) is 0 Å². The first-order valence-electron chi connectivity index (χ1n) is 7.36. The molecule has 3 rings (SSSR count). The highest BCUT2D eigenvalue weighted by atomic mass is 35.5. The largest absolute Gasteiger partial charge is 0.478 e. The van der Waals surface area contributed by atoms with Gasteiger partial charge in [-0.05, 0) is 12.1 Å². The summed E-state index contributed by atoms with van der Waals surface area (Å²) in [5.74, 6) is -0.986. The number of hydrogen-bond acceptors (Lipinski definition) is 5. The number of aromatic nitrogens is 1. The Morgan fingerprint density at radius 1 is 1.24 bits per heavy atom. The van der Waals surface area contributed by atoms with Crippen LogP contribution < -0.4 is 5.01 Å². The van der Waals surface area contributed by atoms with Crippen LogP contribution in [0.2, 0.25) is 5.02 Å². The fourth-order valence-corrected chi connectivity index (χ4v) is 3.19. The van der Waals surface area contributed by atoms with Crippen LogP contribution in [0.5, 0.6) is 0 Å². The lowest BCUT2D eigenvalue weighted by Gasteiger charge is -2.08. The molecule has 2 aromatic carbocycles.